The molecule has 2 aromatic heterocycles. The fraction of sp³-hybridized carbons (Fsp3) is 0.105. The van der Waals surface area contributed by atoms with Crippen LogP contribution in [0.2, 0.25) is 0 Å². The lowest BCUT2D eigenvalue weighted by atomic mass is 10.1. The van der Waals surface area contributed by atoms with Gasteiger partial charge in [-0.25, -0.2) is 4.98 Å². The second-order valence-corrected chi connectivity index (χ2v) is 6.48. The summed E-state index contributed by atoms with van der Waals surface area (Å²) in [4.78, 5) is 5.61. The fourth-order valence-electron chi connectivity index (χ4n) is 2.78. The molecule has 0 amide bonds. The number of aromatic hydroxyl groups is 1. The van der Waals surface area contributed by atoms with Crippen LogP contribution in [0.3, 0.4) is 0 Å². The third-order valence-electron chi connectivity index (χ3n) is 4.05. The smallest absolute Gasteiger partial charge is 0.195 e. The van der Waals surface area contributed by atoms with Gasteiger partial charge in [0.15, 0.2) is 16.5 Å². The molecule has 7 heteroatoms. The normalized spacial score (nSPS) is 10.8. The summed E-state index contributed by atoms with van der Waals surface area (Å²) in [5, 5.41) is 15.0. The van der Waals surface area contributed by atoms with Crippen molar-refractivity contribution in [3.63, 3.8) is 0 Å². The number of phenolic OH excluding ortho intramolecular Hbond substituents is 1. The Morgan fingerprint density at radius 1 is 1.04 bits per heavy atom. The highest BCUT2D eigenvalue weighted by Crippen LogP contribution is 2.36. The Hall–Kier alpha value is -3.19. The van der Waals surface area contributed by atoms with E-state index in [1.165, 1.54) is 0 Å². The van der Waals surface area contributed by atoms with Gasteiger partial charge in [0, 0.05) is 28.9 Å². The highest BCUT2D eigenvalue weighted by molar-refractivity contribution is 7.15. The molecule has 6 nitrogen and oxygen atoms in total. The first-order valence-electron chi connectivity index (χ1n) is 7.93. The maximum Gasteiger partial charge on any atom is 0.195 e. The molecule has 0 bridgehead atoms. The Kier molecular flexibility index (Phi) is 4.14. The zero-order valence-corrected chi connectivity index (χ0v) is 15.1. The third-order valence-corrected chi connectivity index (χ3v) is 4.81. The second kappa shape index (κ2) is 6.61. The van der Waals surface area contributed by atoms with Crippen LogP contribution in [0, 0.1) is 0 Å². The average molecular weight is 367 g/mol. The number of methoxy groups -OCH3 is 2. The number of anilines is 2. The number of hydrogen-bond acceptors (Lipinski definition) is 6. The number of aromatic nitrogens is 2. The van der Waals surface area contributed by atoms with Gasteiger partial charge < -0.3 is 19.9 Å². The predicted octanol–water partition coefficient (Wildman–Crippen LogP) is 4.53. The minimum absolute atomic E-state index is 0.226. The molecule has 4 rings (SSSR count). The van der Waals surface area contributed by atoms with Crippen LogP contribution in [-0.4, -0.2) is 28.7 Å². The molecule has 0 radical (unpaired) electrons. The summed E-state index contributed by atoms with van der Waals surface area (Å²) >= 11 is 1.56. The van der Waals surface area contributed by atoms with Crippen molar-refractivity contribution >= 4 is 27.8 Å². The zero-order valence-electron chi connectivity index (χ0n) is 14.3. The quantitative estimate of drug-likeness (QED) is 0.542. The second-order valence-electron chi connectivity index (χ2n) is 5.61. The third kappa shape index (κ3) is 2.82. The topological polar surface area (TPSA) is 68.0 Å². The number of imidazole rings is 1. The number of hydrogen-bond donors (Lipinski definition) is 2. The van der Waals surface area contributed by atoms with Gasteiger partial charge in [0.1, 0.15) is 17.3 Å². The number of benzene rings is 2. The van der Waals surface area contributed by atoms with Crippen LogP contribution in [0.5, 0.6) is 17.2 Å². The number of fused-ring (bicyclic) bond motifs is 1. The van der Waals surface area contributed by atoms with E-state index in [1.807, 2.05) is 46.3 Å². The van der Waals surface area contributed by atoms with Gasteiger partial charge in [-0.15, -0.1) is 11.3 Å². The molecule has 0 atom stereocenters. The lowest BCUT2D eigenvalue weighted by Crippen LogP contribution is -1.97. The van der Waals surface area contributed by atoms with Crippen LogP contribution in [0.1, 0.15) is 0 Å². The van der Waals surface area contributed by atoms with Crippen LogP contribution < -0.4 is 14.8 Å². The Balaban J connectivity index is 1.79. The summed E-state index contributed by atoms with van der Waals surface area (Å²) in [5.41, 5.74) is 2.59. The van der Waals surface area contributed by atoms with E-state index in [0.29, 0.717) is 11.5 Å². The number of ether oxygens (including phenoxy) is 2. The monoisotopic (exact) mass is 367 g/mol. The summed E-state index contributed by atoms with van der Waals surface area (Å²) in [6.07, 6.45) is 1.97. The van der Waals surface area contributed by atoms with Gasteiger partial charge in [0.05, 0.1) is 14.2 Å². The van der Waals surface area contributed by atoms with Gasteiger partial charge >= 0.3 is 0 Å². The molecule has 0 aliphatic rings. The number of thiazole rings is 1. The van der Waals surface area contributed by atoms with Gasteiger partial charge in [-0.2, -0.15) is 0 Å². The first kappa shape index (κ1) is 16.3. The van der Waals surface area contributed by atoms with E-state index in [4.69, 9.17) is 14.5 Å². The predicted molar refractivity (Wildman–Crippen MR) is 103 cm³/mol. The minimum atomic E-state index is 0.226. The SMILES string of the molecule is COc1ccc(Nc2c(-c3ccc(O)cc3)nc3sccn23)cc1OC. The highest BCUT2D eigenvalue weighted by atomic mass is 32.1. The molecule has 0 unspecified atom stereocenters. The highest BCUT2D eigenvalue weighted by Gasteiger charge is 2.16. The van der Waals surface area contributed by atoms with Crippen molar-refractivity contribution in [2.45, 2.75) is 0 Å². The molecular formula is C19H17N3O3S. The lowest BCUT2D eigenvalue weighted by molar-refractivity contribution is 0.355. The molecule has 132 valence electrons. The minimum Gasteiger partial charge on any atom is -0.508 e. The summed E-state index contributed by atoms with van der Waals surface area (Å²) in [6.45, 7) is 0. The van der Waals surface area contributed by atoms with Crippen molar-refractivity contribution in [1.82, 2.24) is 9.38 Å². The zero-order chi connectivity index (χ0) is 18.1. The molecule has 0 aliphatic heterocycles. The molecule has 0 saturated carbocycles. The number of nitrogens with one attached hydrogen (secondary N) is 1. The van der Waals surface area contributed by atoms with E-state index in [1.54, 1.807) is 37.7 Å². The Bertz CT molecular complexity index is 1050. The molecule has 0 fully saturated rings. The molecule has 0 aliphatic carbocycles. The Morgan fingerprint density at radius 3 is 2.54 bits per heavy atom. The van der Waals surface area contributed by atoms with Crippen molar-refractivity contribution < 1.29 is 14.6 Å². The van der Waals surface area contributed by atoms with E-state index in [2.05, 4.69) is 5.32 Å². The van der Waals surface area contributed by atoms with E-state index in [-0.39, 0.29) is 5.75 Å². The number of nitrogens with zero attached hydrogens (tertiary/aromatic N) is 2. The van der Waals surface area contributed by atoms with E-state index < -0.39 is 0 Å². The molecule has 2 aromatic carbocycles. The molecule has 0 spiro atoms. The first-order valence-corrected chi connectivity index (χ1v) is 8.81. The lowest BCUT2D eigenvalue weighted by Gasteiger charge is -2.12. The van der Waals surface area contributed by atoms with Crippen LogP contribution in [0.15, 0.2) is 54.0 Å². The van der Waals surface area contributed by atoms with Gasteiger partial charge in [-0.05, 0) is 36.4 Å². The Morgan fingerprint density at radius 2 is 1.81 bits per heavy atom. The van der Waals surface area contributed by atoms with Gasteiger partial charge in [0.2, 0.25) is 0 Å². The standard InChI is InChI=1S/C19H17N3O3S/c1-24-15-8-5-13(11-16(15)25-2)20-18-17(12-3-6-14(23)7-4-12)21-19-22(18)9-10-26-19/h3-11,20,23H,1-2H3. The fourth-order valence-corrected chi connectivity index (χ4v) is 3.49. The Labute approximate surface area is 154 Å². The summed E-state index contributed by atoms with van der Waals surface area (Å²) in [6, 6.07) is 12.7. The van der Waals surface area contributed by atoms with E-state index in [0.717, 1.165) is 27.7 Å². The van der Waals surface area contributed by atoms with Crippen LogP contribution in [0.4, 0.5) is 11.5 Å². The van der Waals surface area contributed by atoms with Crippen LogP contribution in [-0.2, 0) is 0 Å². The average Bonchev–Trinajstić information content (AvgIpc) is 3.25. The maximum absolute atomic E-state index is 9.55. The van der Waals surface area contributed by atoms with Crippen LogP contribution >= 0.6 is 11.3 Å². The van der Waals surface area contributed by atoms with Gasteiger partial charge in [0.25, 0.3) is 0 Å². The van der Waals surface area contributed by atoms with Crippen molar-refractivity contribution in [3.8, 4) is 28.5 Å². The van der Waals surface area contributed by atoms with Crippen LogP contribution in [0.25, 0.3) is 16.2 Å². The molecule has 26 heavy (non-hydrogen) atoms. The molecular weight excluding hydrogens is 350 g/mol. The van der Waals surface area contributed by atoms with Crippen molar-refractivity contribution in [2.24, 2.45) is 0 Å². The molecule has 0 saturated heterocycles. The summed E-state index contributed by atoms with van der Waals surface area (Å²) < 4.78 is 12.7. The van der Waals surface area contributed by atoms with Crippen molar-refractivity contribution in [2.75, 3.05) is 19.5 Å². The van der Waals surface area contributed by atoms with Gasteiger partial charge in [-0.1, -0.05) is 0 Å². The number of rotatable bonds is 5. The van der Waals surface area contributed by atoms with Crippen molar-refractivity contribution in [3.05, 3.63) is 54.0 Å². The van der Waals surface area contributed by atoms with Crippen molar-refractivity contribution in [1.29, 1.82) is 0 Å². The summed E-state index contributed by atoms with van der Waals surface area (Å²) in [5.74, 6) is 2.39. The largest absolute Gasteiger partial charge is 0.508 e. The molecule has 2 N–H and O–H groups in total. The first-order chi connectivity index (χ1) is 12.7. The van der Waals surface area contributed by atoms with E-state index >= 15 is 0 Å². The molecule has 4 aromatic rings. The van der Waals surface area contributed by atoms with Gasteiger partial charge in [-0.3, -0.25) is 4.40 Å². The number of phenols is 1. The maximum atomic E-state index is 9.55. The molecule has 2 heterocycles. The summed E-state index contributed by atoms with van der Waals surface area (Å²) in [7, 11) is 3.22. The van der Waals surface area contributed by atoms with E-state index in [9.17, 15) is 5.11 Å².